The summed E-state index contributed by atoms with van der Waals surface area (Å²) in [5, 5.41) is 0. The molecule has 0 amide bonds. The SMILES string of the molecule is Cc1cccn2c(C3CC3)ncc12. The normalized spacial score (nSPS) is 16.7. The fraction of sp³-hybridized carbons (Fsp3) is 0.364. The van der Waals surface area contributed by atoms with E-state index in [1.807, 2.05) is 6.20 Å². The first-order chi connectivity index (χ1) is 6.36. The van der Waals surface area contributed by atoms with E-state index in [0.29, 0.717) is 0 Å². The predicted molar refractivity (Wildman–Crippen MR) is 51.9 cm³/mol. The molecule has 0 atom stereocenters. The van der Waals surface area contributed by atoms with E-state index in [9.17, 15) is 0 Å². The molecule has 66 valence electrons. The first kappa shape index (κ1) is 7.13. The third-order valence-corrected chi connectivity index (χ3v) is 2.75. The van der Waals surface area contributed by atoms with Crippen molar-refractivity contribution < 1.29 is 0 Å². The molecule has 1 fully saturated rings. The summed E-state index contributed by atoms with van der Waals surface area (Å²) in [6, 6.07) is 4.23. The zero-order chi connectivity index (χ0) is 8.84. The molecule has 0 unspecified atom stereocenters. The Kier molecular flexibility index (Phi) is 1.29. The second-order valence-corrected chi connectivity index (χ2v) is 3.84. The fourth-order valence-electron chi connectivity index (χ4n) is 1.83. The number of pyridine rings is 1. The Morgan fingerprint density at radius 3 is 3.08 bits per heavy atom. The number of fused-ring (bicyclic) bond motifs is 1. The first-order valence-electron chi connectivity index (χ1n) is 4.79. The molecule has 0 saturated heterocycles. The Bertz CT molecular complexity index is 452. The molecule has 0 aromatic carbocycles. The highest BCUT2D eigenvalue weighted by molar-refractivity contribution is 5.53. The lowest BCUT2D eigenvalue weighted by atomic mass is 10.2. The number of rotatable bonds is 1. The molecule has 3 rings (SSSR count). The zero-order valence-corrected chi connectivity index (χ0v) is 7.70. The van der Waals surface area contributed by atoms with Gasteiger partial charge in [0, 0.05) is 12.1 Å². The van der Waals surface area contributed by atoms with Gasteiger partial charge in [0.15, 0.2) is 0 Å². The Labute approximate surface area is 77.2 Å². The molecule has 0 aliphatic heterocycles. The van der Waals surface area contributed by atoms with E-state index in [0.717, 1.165) is 5.92 Å². The lowest BCUT2D eigenvalue weighted by molar-refractivity contribution is 0.919. The summed E-state index contributed by atoms with van der Waals surface area (Å²) >= 11 is 0. The standard InChI is InChI=1S/C11H12N2/c1-8-3-2-6-13-10(8)7-12-11(13)9-4-5-9/h2-3,6-7,9H,4-5H2,1H3. The van der Waals surface area contributed by atoms with Crippen LogP contribution in [-0.2, 0) is 0 Å². The summed E-state index contributed by atoms with van der Waals surface area (Å²) in [5.74, 6) is 1.98. The molecule has 2 heterocycles. The number of imidazole rings is 1. The molecule has 0 bridgehead atoms. The number of aryl methyl sites for hydroxylation is 1. The van der Waals surface area contributed by atoms with E-state index in [2.05, 4.69) is 34.6 Å². The van der Waals surface area contributed by atoms with Crippen LogP contribution in [0.15, 0.2) is 24.5 Å². The predicted octanol–water partition coefficient (Wildman–Crippen LogP) is 2.52. The van der Waals surface area contributed by atoms with Crippen LogP contribution in [0.3, 0.4) is 0 Å². The summed E-state index contributed by atoms with van der Waals surface area (Å²) in [7, 11) is 0. The highest BCUT2D eigenvalue weighted by Gasteiger charge is 2.27. The fourth-order valence-corrected chi connectivity index (χ4v) is 1.83. The summed E-state index contributed by atoms with van der Waals surface area (Å²) in [6.45, 7) is 2.13. The second kappa shape index (κ2) is 2.34. The van der Waals surface area contributed by atoms with Crippen LogP contribution in [0.4, 0.5) is 0 Å². The number of nitrogens with zero attached hydrogens (tertiary/aromatic N) is 2. The van der Waals surface area contributed by atoms with Crippen LogP contribution < -0.4 is 0 Å². The van der Waals surface area contributed by atoms with E-state index in [1.54, 1.807) is 0 Å². The zero-order valence-electron chi connectivity index (χ0n) is 7.70. The Hall–Kier alpha value is -1.31. The average molecular weight is 172 g/mol. The number of hydrogen-bond acceptors (Lipinski definition) is 1. The summed E-state index contributed by atoms with van der Waals surface area (Å²) in [6.07, 6.45) is 6.73. The van der Waals surface area contributed by atoms with E-state index in [-0.39, 0.29) is 0 Å². The van der Waals surface area contributed by atoms with Gasteiger partial charge in [0.2, 0.25) is 0 Å². The first-order valence-corrected chi connectivity index (χ1v) is 4.79. The third kappa shape index (κ3) is 0.981. The largest absolute Gasteiger partial charge is 0.303 e. The maximum atomic E-state index is 4.48. The minimum absolute atomic E-state index is 0.726. The molecule has 1 aliphatic rings. The van der Waals surface area contributed by atoms with Gasteiger partial charge in [-0.05, 0) is 31.4 Å². The van der Waals surface area contributed by atoms with Crippen molar-refractivity contribution in [2.24, 2.45) is 0 Å². The van der Waals surface area contributed by atoms with E-state index >= 15 is 0 Å². The van der Waals surface area contributed by atoms with Gasteiger partial charge in [-0.25, -0.2) is 4.98 Å². The van der Waals surface area contributed by atoms with Crippen molar-refractivity contribution in [1.82, 2.24) is 9.38 Å². The van der Waals surface area contributed by atoms with Crippen LogP contribution >= 0.6 is 0 Å². The molecule has 2 nitrogen and oxygen atoms in total. The Morgan fingerprint density at radius 1 is 1.46 bits per heavy atom. The summed E-state index contributed by atoms with van der Waals surface area (Å²) in [5.41, 5.74) is 2.56. The van der Waals surface area contributed by atoms with Crippen LogP contribution in [0.5, 0.6) is 0 Å². The van der Waals surface area contributed by atoms with Gasteiger partial charge in [-0.3, -0.25) is 0 Å². The topological polar surface area (TPSA) is 17.3 Å². The highest BCUT2D eigenvalue weighted by atomic mass is 15.0. The molecule has 1 saturated carbocycles. The van der Waals surface area contributed by atoms with Crippen LogP contribution in [0.2, 0.25) is 0 Å². The van der Waals surface area contributed by atoms with E-state index < -0.39 is 0 Å². The number of hydrogen-bond donors (Lipinski definition) is 0. The van der Waals surface area contributed by atoms with Gasteiger partial charge < -0.3 is 4.40 Å². The maximum absolute atomic E-state index is 4.48. The molecular weight excluding hydrogens is 160 g/mol. The molecule has 2 aromatic rings. The lowest BCUT2D eigenvalue weighted by Gasteiger charge is -2.00. The maximum Gasteiger partial charge on any atom is 0.116 e. The van der Waals surface area contributed by atoms with Crippen molar-refractivity contribution in [3.05, 3.63) is 35.9 Å². The van der Waals surface area contributed by atoms with Crippen molar-refractivity contribution >= 4 is 5.52 Å². The van der Waals surface area contributed by atoms with E-state index in [1.165, 1.54) is 29.7 Å². The molecule has 0 N–H and O–H groups in total. The summed E-state index contributed by atoms with van der Waals surface area (Å²) in [4.78, 5) is 4.48. The smallest absolute Gasteiger partial charge is 0.116 e. The third-order valence-electron chi connectivity index (χ3n) is 2.75. The van der Waals surface area contributed by atoms with Gasteiger partial charge in [0.25, 0.3) is 0 Å². The van der Waals surface area contributed by atoms with Crippen LogP contribution in [0, 0.1) is 6.92 Å². The molecule has 13 heavy (non-hydrogen) atoms. The number of aromatic nitrogens is 2. The van der Waals surface area contributed by atoms with Gasteiger partial charge in [-0.15, -0.1) is 0 Å². The lowest BCUT2D eigenvalue weighted by Crippen LogP contribution is -1.92. The molecule has 2 heteroatoms. The van der Waals surface area contributed by atoms with Gasteiger partial charge >= 0.3 is 0 Å². The van der Waals surface area contributed by atoms with E-state index in [4.69, 9.17) is 0 Å². The molecule has 0 radical (unpaired) electrons. The monoisotopic (exact) mass is 172 g/mol. The van der Waals surface area contributed by atoms with Crippen molar-refractivity contribution in [1.29, 1.82) is 0 Å². The van der Waals surface area contributed by atoms with Gasteiger partial charge in [0.05, 0.1) is 11.7 Å². The molecular formula is C11H12N2. The van der Waals surface area contributed by atoms with Crippen molar-refractivity contribution in [3.8, 4) is 0 Å². The quantitative estimate of drug-likeness (QED) is 0.646. The molecule has 1 aliphatic carbocycles. The van der Waals surface area contributed by atoms with Crippen molar-refractivity contribution in [2.45, 2.75) is 25.7 Å². The Balaban J connectivity index is 2.32. The van der Waals surface area contributed by atoms with Gasteiger partial charge in [0.1, 0.15) is 5.82 Å². The molecule has 2 aromatic heterocycles. The van der Waals surface area contributed by atoms with Crippen LogP contribution in [-0.4, -0.2) is 9.38 Å². The summed E-state index contributed by atoms with van der Waals surface area (Å²) < 4.78 is 2.23. The molecule has 0 spiro atoms. The van der Waals surface area contributed by atoms with Crippen LogP contribution in [0.25, 0.3) is 5.52 Å². The minimum Gasteiger partial charge on any atom is -0.303 e. The van der Waals surface area contributed by atoms with Crippen molar-refractivity contribution in [3.63, 3.8) is 0 Å². The minimum atomic E-state index is 0.726. The van der Waals surface area contributed by atoms with Crippen molar-refractivity contribution in [2.75, 3.05) is 0 Å². The second-order valence-electron chi connectivity index (χ2n) is 3.84. The Morgan fingerprint density at radius 2 is 2.31 bits per heavy atom. The van der Waals surface area contributed by atoms with Gasteiger partial charge in [-0.1, -0.05) is 6.07 Å². The van der Waals surface area contributed by atoms with Gasteiger partial charge in [-0.2, -0.15) is 0 Å². The van der Waals surface area contributed by atoms with Crippen LogP contribution in [0.1, 0.15) is 30.1 Å². The highest BCUT2D eigenvalue weighted by Crippen LogP contribution is 2.39. The average Bonchev–Trinajstić information content (AvgIpc) is 2.87.